The van der Waals surface area contributed by atoms with Crippen molar-refractivity contribution in [2.24, 2.45) is 5.73 Å². The Morgan fingerprint density at radius 2 is 1.50 bits per heavy atom. The Bertz CT molecular complexity index is 703. The molecule has 0 aliphatic rings. The van der Waals surface area contributed by atoms with Crippen LogP contribution in [0.3, 0.4) is 0 Å². The van der Waals surface area contributed by atoms with Crippen LogP contribution in [-0.2, 0) is 0 Å². The molecule has 0 aliphatic heterocycles. The summed E-state index contributed by atoms with van der Waals surface area (Å²) < 4.78 is 0. The van der Waals surface area contributed by atoms with Crippen LogP contribution in [0.1, 0.15) is 20.8 Å². The Labute approximate surface area is 167 Å². The molecule has 0 atom stereocenters. The minimum atomic E-state index is -0.574. The van der Waals surface area contributed by atoms with E-state index in [9.17, 15) is 20.2 Å². The van der Waals surface area contributed by atoms with Gasteiger partial charge in [-0.2, -0.15) is 0 Å². The molecule has 2 aromatic rings. The van der Waals surface area contributed by atoms with Crippen LogP contribution in [-0.4, -0.2) is 44.6 Å². The van der Waals surface area contributed by atoms with Crippen molar-refractivity contribution in [3.05, 3.63) is 62.0 Å². The quantitative estimate of drug-likeness (QED) is 0.384. The fourth-order valence-electron chi connectivity index (χ4n) is 1.36. The van der Waals surface area contributed by atoms with E-state index < -0.39 is 9.85 Å². The van der Waals surface area contributed by atoms with Crippen LogP contribution in [0.5, 0.6) is 0 Å². The SMILES string of the molecule is CCN.CCNc1ncccc1[N+](=O)[O-].CCO.O=[N+]([O-])c1cccnc1Cl. The van der Waals surface area contributed by atoms with Crippen LogP contribution in [0.2, 0.25) is 5.15 Å². The Hall–Kier alpha value is -2.89. The highest BCUT2D eigenvalue weighted by molar-refractivity contribution is 6.31. The number of halogens is 1. The number of anilines is 1. The number of nitrogens with one attached hydrogen (secondary N) is 1. The number of pyridine rings is 2. The highest BCUT2D eigenvalue weighted by atomic mass is 35.5. The van der Waals surface area contributed by atoms with E-state index >= 15 is 0 Å². The van der Waals surface area contributed by atoms with Gasteiger partial charge in [0.25, 0.3) is 0 Å². The van der Waals surface area contributed by atoms with Gasteiger partial charge in [-0.05, 0) is 32.5 Å². The second kappa shape index (κ2) is 17.5. The van der Waals surface area contributed by atoms with E-state index in [4.69, 9.17) is 22.4 Å². The third-order valence-electron chi connectivity index (χ3n) is 2.26. The lowest BCUT2D eigenvalue weighted by molar-refractivity contribution is -0.385. The van der Waals surface area contributed by atoms with E-state index in [0.29, 0.717) is 12.4 Å². The Morgan fingerprint density at radius 3 is 1.86 bits per heavy atom. The third-order valence-corrected chi connectivity index (χ3v) is 2.55. The molecule has 4 N–H and O–H groups in total. The summed E-state index contributed by atoms with van der Waals surface area (Å²) in [7, 11) is 0. The van der Waals surface area contributed by atoms with Crippen molar-refractivity contribution >= 4 is 28.8 Å². The number of hydrogen-bond acceptors (Lipinski definition) is 9. The number of rotatable bonds is 4. The molecular weight excluding hydrogens is 392 g/mol. The summed E-state index contributed by atoms with van der Waals surface area (Å²) in [6, 6.07) is 5.73. The van der Waals surface area contributed by atoms with Gasteiger partial charge in [0.15, 0.2) is 0 Å². The van der Waals surface area contributed by atoms with Gasteiger partial charge in [0.1, 0.15) is 0 Å². The zero-order chi connectivity index (χ0) is 21.9. The van der Waals surface area contributed by atoms with Crippen LogP contribution in [0.15, 0.2) is 36.7 Å². The van der Waals surface area contributed by atoms with Gasteiger partial charge in [-0.3, -0.25) is 20.2 Å². The maximum absolute atomic E-state index is 10.4. The maximum Gasteiger partial charge on any atom is 0.311 e. The van der Waals surface area contributed by atoms with Crippen molar-refractivity contribution in [3.8, 4) is 0 Å². The standard InChI is InChI=1S/C7H9N3O2.C5H3ClN2O2.C2H7N.C2H6O/c1-2-8-7-6(10(11)12)4-3-5-9-7;6-5-4(8(9)10)2-1-3-7-5;2*1-2-3/h3-5H,2H2,1H3,(H,8,9);1-3H;2-3H2,1H3;3H,2H2,1H3. The molecule has 2 rings (SSSR count). The molecule has 28 heavy (non-hydrogen) atoms. The lowest BCUT2D eigenvalue weighted by Crippen LogP contribution is -2.02. The van der Waals surface area contributed by atoms with Gasteiger partial charge in [-0.15, -0.1) is 0 Å². The van der Waals surface area contributed by atoms with Gasteiger partial charge < -0.3 is 16.2 Å². The summed E-state index contributed by atoms with van der Waals surface area (Å²) in [4.78, 5) is 26.9. The van der Waals surface area contributed by atoms with Gasteiger partial charge in [-0.25, -0.2) is 9.97 Å². The first-order valence-electron chi connectivity index (χ1n) is 8.19. The summed E-state index contributed by atoms with van der Waals surface area (Å²) in [6.45, 7) is 7.07. The molecule has 0 amide bonds. The molecule has 0 saturated carbocycles. The third kappa shape index (κ3) is 12.5. The van der Waals surface area contributed by atoms with Crippen molar-refractivity contribution in [2.45, 2.75) is 20.8 Å². The van der Waals surface area contributed by atoms with Gasteiger partial charge in [0.2, 0.25) is 11.0 Å². The molecule has 11 nitrogen and oxygen atoms in total. The van der Waals surface area contributed by atoms with Crippen LogP contribution >= 0.6 is 11.6 Å². The second-order valence-corrected chi connectivity index (χ2v) is 4.81. The number of nitrogens with zero attached hydrogens (tertiary/aromatic N) is 4. The number of aromatic nitrogens is 2. The molecule has 0 spiro atoms. The average molecular weight is 417 g/mol. The van der Waals surface area contributed by atoms with E-state index in [0.717, 1.165) is 6.54 Å². The van der Waals surface area contributed by atoms with Crippen molar-refractivity contribution < 1.29 is 15.0 Å². The minimum Gasteiger partial charge on any atom is -0.397 e. The normalized spacial score (nSPS) is 8.64. The smallest absolute Gasteiger partial charge is 0.311 e. The monoisotopic (exact) mass is 416 g/mol. The molecule has 0 radical (unpaired) electrons. The highest BCUT2D eigenvalue weighted by Crippen LogP contribution is 2.20. The van der Waals surface area contributed by atoms with Gasteiger partial charge in [-0.1, -0.05) is 18.5 Å². The number of aliphatic hydroxyl groups excluding tert-OH is 1. The van der Waals surface area contributed by atoms with Crippen molar-refractivity contribution in [3.63, 3.8) is 0 Å². The largest absolute Gasteiger partial charge is 0.397 e. The number of hydrogen-bond donors (Lipinski definition) is 3. The first-order chi connectivity index (χ1) is 13.3. The van der Waals surface area contributed by atoms with E-state index in [2.05, 4.69) is 15.3 Å². The summed E-state index contributed by atoms with van der Waals surface area (Å²) in [5.74, 6) is 0.324. The van der Waals surface area contributed by atoms with Crippen LogP contribution in [0.4, 0.5) is 17.2 Å². The average Bonchev–Trinajstić information content (AvgIpc) is 2.64. The predicted octanol–water partition coefficient (Wildman–Crippen LogP) is 3.03. The molecule has 2 heterocycles. The molecule has 2 aromatic heterocycles. The zero-order valence-corrected chi connectivity index (χ0v) is 16.7. The van der Waals surface area contributed by atoms with E-state index in [1.165, 1.54) is 30.6 Å². The molecule has 12 heteroatoms. The number of nitro groups is 2. The maximum atomic E-state index is 10.4. The van der Waals surface area contributed by atoms with E-state index in [1.54, 1.807) is 13.0 Å². The predicted molar refractivity (Wildman–Crippen MR) is 108 cm³/mol. The fraction of sp³-hybridized carbons (Fsp3) is 0.375. The molecule has 0 aliphatic carbocycles. The molecule has 0 fully saturated rings. The van der Waals surface area contributed by atoms with Crippen molar-refractivity contribution in [1.29, 1.82) is 0 Å². The summed E-state index contributed by atoms with van der Waals surface area (Å²) >= 11 is 5.37. The lowest BCUT2D eigenvalue weighted by atomic mass is 10.4. The first kappa shape index (κ1) is 27.3. The minimum absolute atomic E-state index is 0.0133. The van der Waals surface area contributed by atoms with Crippen molar-refractivity contribution in [2.75, 3.05) is 25.0 Å². The van der Waals surface area contributed by atoms with E-state index in [1.807, 2.05) is 13.8 Å². The van der Waals surface area contributed by atoms with Gasteiger partial charge in [0, 0.05) is 37.7 Å². The molecular formula is C16H25ClN6O5. The zero-order valence-electron chi connectivity index (χ0n) is 15.9. The molecule has 0 unspecified atom stereocenters. The van der Waals surface area contributed by atoms with Crippen LogP contribution < -0.4 is 11.1 Å². The summed E-state index contributed by atoms with van der Waals surface area (Å²) in [6.07, 6.45) is 2.92. The summed E-state index contributed by atoms with van der Waals surface area (Å²) in [5.41, 5.74) is 4.70. The highest BCUT2D eigenvalue weighted by Gasteiger charge is 2.12. The van der Waals surface area contributed by atoms with Gasteiger partial charge in [0.05, 0.1) is 9.85 Å². The topological polar surface area (TPSA) is 170 Å². The number of nitrogens with two attached hydrogens (primary N) is 1. The van der Waals surface area contributed by atoms with Gasteiger partial charge >= 0.3 is 11.4 Å². The van der Waals surface area contributed by atoms with Crippen LogP contribution in [0, 0.1) is 20.2 Å². The summed E-state index contributed by atoms with van der Waals surface area (Å²) in [5, 5.41) is 30.8. The Kier molecular flexibility index (Phi) is 17.1. The Balaban J connectivity index is 0. The molecule has 0 aromatic carbocycles. The molecule has 0 bridgehead atoms. The molecule has 0 saturated heterocycles. The fourth-order valence-corrected chi connectivity index (χ4v) is 1.55. The molecule has 156 valence electrons. The number of aliphatic hydroxyl groups is 1. The second-order valence-electron chi connectivity index (χ2n) is 4.45. The lowest BCUT2D eigenvalue weighted by Gasteiger charge is -2.00. The van der Waals surface area contributed by atoms with E-state index in [-0.39, 0.29) is 23.1 Å². The van der Waals surface area contributed by atoms with Crippen molar-refractivity contribution in [1.82, 2.24) is 9.97 Å². The first-order valence-corrected chi connectivity index (χ1v) is 8.57. The Morgan fingerprint density at radius 1 is 1.07 bits per heavy atom. The van der Waals surface area contributed by atoms with Crippen LogP contribution in [0.25, 0.3) is 0 Å².